The molecule has 178 valence electrons. The highest BCUT2D eigenvalue weighted by Crippen LogP contribution is 2.32. The van der Waals surface area contributed by atoms with Gasteiger partial charge < -0.3 is 14.9 Å². The lowest BCUT2D eigenvalue weighted by Crippen LogP contribution is -2.39. The van der Waals surface area contributed by atoms with E-state index in [0.717, 1.165) is 43.9 Å². The summed E-state index contributed by atoms with van der Waals surface area (Å²) < 4.78 is 2.17. The molecule has 1 aliphatic heterocycles. The van der Waals surface area contributed by atoms with Crippen molar-refractivity contribution in [2.45, 2.75) is 47.2 Å². The summed E-state index contributed by atoms with van der Waals surface area (Å²) in [6.07, 6.45) is 5.83. The second-order valence-electron chi connectivity index (χ2n) is 9.17. The number of aryl methyl sites for hydroxylation is 3. The number of rotatable bonds is 5. The van der Waals surface area contributed by atoms with Crippen LogP contribution in [0.25, 0.3) is 16.5 Å². The number of nitrogens with one attached hydrogen (secondary N) is 2. The summed E-state index contributed by atoms with van der Waals surface area (Å²) in [7, 11) is 0. The molecule has 1 amide bonds. The number of carbonyl (C=O) groups excluding carboxylic acids is 1. The average molecular weight is 480 g/mol. The van der Waals surface area contributed by atoms with E-state index in [1.165, 1.54) is 0 Å². The van der Waals surface area contributed by atoms with Crippen molar-refractivity contribution in [1.29, 1.82) is 0 Å². The lowest BCUT2D eigenvalue weighted by molar-refractivity contribution is 0.0744. The number of dihydropyridines is 1. The van der Waals surface area contributed by atoms with Gasteiger partial charge in [0.15, 0.2) is 0 Å². The van der Waals surface area contributed by atoms with Gasteiger partial charge in [0.05, 0.1) is 12.1 Å². The van der Waals surface area contributed by atoms with Gasteiger partial charge in [0.2, 0.25) is 0 Å². The molecule has 0 spiro atoms. The van der Waals surface area contributed by atoms with Crippen molar-refractivity contribution in [2.75, 3.05) is 6.54 Å². The molecule has 3 aromatic rings. The Morgan fingerprint density at radius 1 is 1.18 bits per heavy atom. The van der Waals surface area contributed by atoms with Crippen LogP contribution in [0, 0.1) is 20.8 Å². The fourth-order valence-electron chi connectivity index (χ4n) is 4.51. The number of nitrogens with zero attached hydrogens (tertiary/aromatic N) is 2. The van der Waals surface area contributed by atoms with Crippen LogP contribution in [0.5, 0.6) is 0 Å². The molecule has 1 aromatic carbocycles. The third kappa shape index (κ3) is 4.41. The molecule has 3 heterocycles. The molecule has 0 unspecified atom stereocenters. The van der Waals surface area contributed by atoms with Crippen LogP contribution >= 0.6 is 11.6 Å². The zero-order chi connectivity index (χ0) is 24.7. The fraction of sp³-hybridized carbons (Fsp3) is 0.308. The van der Waals surface area contributed by atoms with Gasteiger partial charge in [0.25, 0.3) is 11.5 Å². The van der Waals surface area contributed by atoms with Crippen LogP contribution in [-0.2, 0) is 6.54 Å². The highest BCUT2D eigenvalue weighted by Gasteiger charge is 2.23. The van der Waals surface area contributed by atoms with Crippen LogP contribution < -0.4 is 16.7 Å². The number of amides is 1. The first-order valence-electron chi connectivity index (χ1n) is 11.3. The molecule has 0 saturated carbocycles. The van der Waals surface area contributed by atoms with Gasteiger partial charge in [-0.25, -0.2) is 5.84 Å². The Morgan fingerprint density at radius 2 is 1.91 bits per heavy atom. The predicted octanol–water partition coefficient (Wildman–Crippen LogP) is 4.42. The maximum Gasteiger partial charge on any atom is 0.268 e. The third-order valence-electron chi connectivity index (χ3n) is 6.24. The first-order chi connectivity index (χ1) is 16.1. The first-order valence-corrected chi connectivity index (χ1v) is 11.7. The molecule has 4 rings (SSSR count). The number of aromatic amines is 1. The number of hydrogen-bond acceptors (Lipinski definition) is 4. The van der Waals surface area contributed by atoms with Crippen molar-refractivity contribution >= 4 is 34.0 Å². The second-order valence-corrected chi connectivity index (χ2v) is 9.57. The number of pyridine rings is 1. The molecule has 0 saturated heterocycles. The Bertz CT molecular complexity index is 1410. The van der Waals surface area contributed by atoms with Gasteiger partial charge in [-0.05, 0) is 81.2 Å². The summed E-state index contributed by atoms with van der Waals surface area (Å²) in [5.74, 6) is 5.94. The van der Waals surface area contributed by atoms with Crippen molar-refractivity contribution in [3.63, 3.8) is 0 Å². The van der Waals surface area contributed by atoms with Crippen LogP contribution in [0.3, 0.4) is 0 Å². The lowest BCUT2D eigenvalue weighted by Gasteiger charge is -2.21. The van der Waals surface area contributed by atoms with E-state index in [2.05, 4.69) is 41.0 Å². The van der Waals surface area contributed by atoms with Crippen molar-refractivity contribution in [2.24, 2.45) is 5.84 Å². The number of H-pyrrole nitrogens is 1. The molecular formula is C26H30ClN5O2. The maximum atomic E-state index is 13.7. The Kier molecular flexibility index (Phi) is 6.43. The van der Waals surface area contributed by atoms with Gasteiger partial charge >= 0.3 is 0 Å². The smallest absolute Gasteiger partial charge is 0.268 e. The van der Waals surface area contributed by atoms with Gasteiger partial charge in [0, 0.05) is 40.9 Å². The van der Waals surface area contributed by atoms with Crippen LogP contribution in [-0.4, -0.2) is 27.0 Å². The van der Waals surface area contributed by atoms with Gasteiger partial charge in [0.1, 0.15) is 5.16 Å². The van der Waals surface area contributed by atoms with Gasteiger partial charge in [-0.1, -0.05) is 17.7 Å². The van der Waals surface area contributed by atoms with Gasteiger partial charge in [-0.2, -0.15) is 0 Å². The quantitative estimate of drug-likeness (QED) is 0.218. The number of benzene rings is 1. The maximum absolute atomic E-state index is 13.7. The Hall–Kier alpha value is -3.29. The molecular weight excluding hydrogens is 450 g/mol. The summed E-state index contributed by atoms with van der Waals surface area (Å²) in [4.78, 5) is 29.0. The van der Waals surface area contributed by atoms with Crippen LogP contribution in [0.15, 0.2) is 46.5 Å². The standard InChI is InChI=1S/C26H30ClN5O2/c1-14(2)31-12-16(4)24-20(9-19(10-22(24)31)18-6-7-23(27)29-11-18)26(34)32(28)13-21-15(3)8-17(5)30-25(21)33/h6-10,12,14,29H,11,13,28H2,1-5H3,(H,30,33). The zero-order valence-corrected chi connectivity index (χ0v) is 20.9. The van der Waals surface area contributed by atoms with E-state index in [1.807, 2.05) is 39.0 Å². The highest BCUT2D eigenvalue weighted by atomic mass is 35.5. The topological polar surface area (TPSA) is 96.2 Å². The number of carbonyl (C=O) groups is 1. The van der Waals surface area contributed by atoms with Crippen LogP contribution in [0.1, 0.15) is 58.2 Å². The van der Waals surface area contributed by atoms with E-state index in [-0.39, 0.29) is 24.1 Å². The van der Waals surface area contributed by atoms with Crippen molar-refractivity contribution in [3.05, 3.63) is 85.6 Å². The lowest BCUT2D eigenvalue weighted by atomic mass is 9.96. The summed E-state index contributed by atoms with van der Waals surface area (Å²) in [5.41, 5.74) is 6.22. The van der Waals surface area contributed by atoms with Crippen LogP contribution in [0.4, 0.5) is 0 Å². The van der Waals surface area contributed by atoms with E-state index in [1.54, 1.807) is 6.08 Å². The molecule has 0 fully saturated rings. The molecule has 8 heteroatoms. The highest BCUT2D eigenvalue weighted by molar-refractivity contribution is 6.29. The van der Waals surface area contributed by atoms with E-state index in [9.17, 15) is 9.59 Å². The number of fused-ring (bicyclic) bond motifs is 1. The Balaban J connectivity index is 1.83. The van der Waals surface area contributed by atoms with Crippen molar-refractivity contribution < 1.29 is 4.79 Å². The summed E-state index contributed by atoms with van der Waals surface area (Å²) >= 11 is 6.07. The number of hydrogen-bond donors (Lipinski definition) is 3. The number of halogens is 1. The first kappa shape index (κ1) is 23.9. The van der Waals surface area contributed by atoms with E-state index >= 15 is 0 Å². The number of aromatic nitrogens is 2. The molecule has 1 aliphatic rings. The Morgan fingerprint density at radius 3 is 2.53 bits per heavy atom. The van der Waals surface area contributed by atoms with Gasteiger partial charge in [-0.3, -0.25) is 14.6 Å². The monoisotopic (exact) mass is 479 g/mol. The molecule has 0 bridgehead atoms. The predicted molar refractivity (Wildman–Crippen MR) is 138 cm³/mol. The van der Waals surface area contributed by atoms with E-state index < -0.39 is 0 Å². The fourth-order valence-corrected chi connectivity index (χ4v) is 4.64. The molecule has 0 radical (unpaired) electrons. The van der Waals surface area contributed by atoms with E-state index in [0.29, 0.717) is 22.8 Å². The summed E-state index contributed by atoms with van der Waals surface area (Å²) in [6, 6.07) is 6.08. The second kappa shape index (κ2) is 9.16. The van der Waals surface area contributed by atoms with E-state index in [4.69, 9.17) is 17.4 Å². The molecule has 7 nitrogen and oxygen atoms in total. The molecule has 34 heavy (non-hydrogen) atoms. The summed E-state index contributed by atoms with van der Waals surface area (Å²) in [6.45, 7) is 10.5. The van der Waals surface area contributed by atoms with Crippen LogP contribution in [0.2, 0.25) is 0 Å². The van der Waals surface area contributed by atoms with Crippen molar-refractivity contribution in [1.82, 2.24) is 19.9 Å². The molecule has 4 N–H and O–H groups in total. The Labute approximate surface area is 203 Å². The summed E-state index contributed by atoms with van der Waals surface area (Å²) in [5, 5.41) is 5.71. The largest absolute Gasteiger partial charge is 0.372 e. The molecule has 0 aliphatic carbocycles. The minimum Gasteiger partial charge on any atom is -0.372 e. The minimum absolute atomic E-state index is 0.0124. The molecule has 2 aromatic heterocycles. The number of allylic oxidation sites excluding steroid dienone is 2. The molecule has 0 atom stereocenters. The minimum atomic E-state index is -0.339. The zero-order valence-electron chi connectivity index (χ0n) is 20.1. The normalized spacial score (nSPS) is 13.6. The number of hydrazine groups is 1. The SMILES string of the molecule is Cc1cc(C)c(CN(N)C(=O)c2cc(C3=CC=C(Cl)NC3)cc3c2c(C)cn3C(C)C)c(=O)[nH]1. The number of nitrogens with two attached hydrogens (primary N) is 1. The van der Waals surface area contributed by atoms with Gasteiger partial charge in [-0.15, -0.1) is 0 Å². The third-order valence-corrected chi connectivity index (χ3v) is 6.50. The average Bonchev–Trinajstić information content (AvgIpc) is 3.12. The van der Waals surface area contributed by atoms with Crippen molar-refractivity contribution in [3.8, 4) is 0 Å².